The predicted molar refractivity (Wildman–Crippen MR) is 284 cm³/mol. The van der Waals surface area contributed by atoms with E-state index in [2.05, 4.69) is 99.8 Å². The van der Waals surface area contributed by atoms with Crippen molar-refractivity contribution in [3.05, 3.63) is 85.1 Å². The van der Waals surface area contributed by atoms with Gasteiger partial charge in [-0.2, -0.15) is 0 Å². The number of esters is 3. The molecule has 6 heteroatoms. The smallest absolute Gasteiger partial charge is 0.306 e. The summed E-state index contributed by atoms with van der Waals surface area (Å²) in [7, 11) is 0. The Labute approximate surface area is 407 Å². The van der Waals surface area contributed by atoms with Gasteiger partial charge in [0, 0.05) is 19.3 Å². The van der Waals surface area contributed by atoms with Crippen LogP contribution in [0.3, 0.4) is 0 Å². The number of hydrogen-bond donors (Lipinski definition) is 0. The fraction of sp³-hybridized carbons (Fsp3) is 0.717. The van der Waals surface area contributed by atoms with Gasteiger partial charge in [-0.25, -0.2) is 0 Å². The van der Waals surface area contributed by atoms with E-state index in [0.717, 1.165) is 83.5 Å². The lowest BCUT2D eigenvalue weighted by molar-refractivity contribution is -0.166. The second kappa shape index (κ2) is 54.2. The third-order valence-corrected chi connectivity index (χ3v) is 11.6. The normalized spacial score (nSPS) is 12.7. The van der Waals surface area contributed by atoms with Crippen LogP contribution in [0.4, 0.5) is 0 Å². The Bertz CT molecular complexity index is 1290. The van der Waals surface area contributed by atoms with Gasteiger partial charge in [-0.3, -0.25) is 14.4 Å². The van der Waals surface area contributed by atoms with E-state index in [-0.39, 0.29) is 44.0 Å². The molecule has 0 spiro atoms. The molecule has 1 atom stereocenters. The predicted octanol–water partition coefficient (Wildman–Crippen LogP) is 18.4. The third-order valence-electron chi connectivity index (χ3n) is 11.6. The molecule has 0 N–H and O–H groups in total. The summed E-state index contributed by atoms with van der Waals surface area (Å²) < 4.78 is 16.7. The monoisotopic (exact) mass is 919 g/mol. The average molecular weight is 919 g/mol. The SMILES string of the molecule is CC/C=C/C/C=C/C/C=C/CCCCCCCCCCCC(=O)OCC(COC(=O)CC/C=C/C/C=C/CCCCCCCC)OC(=O)CCCCC/C=C/C=C/CCCCCCCCC. The van der Waals surface area contributed by atoms with Crippen molar-refractivity contribution < 1.29 is 28.6 Å². The molecule has 0 rings (SSSR count). The molecule has 0 aliphatic carbocycles. The quantitative estimate of drug-likeness (QED) is 0.0199. The second-order valence-corrected chi connectivity index (χ2v) is 18.1. The van der Waals surface area contributed by atoms with Crippen molar-refractivity contribution in [1.29, 1.82) is 0 Å². The van der Waals surface area contributed by atoms with Crippen molar-refractivity contribution in [3.63, 3.8) is 0 Å². The highest BCUT2D eigenvalue weighted by Crippen LogP contribution is 2.14. The lowest BCUT2D eigenvalue weighted by atomic mass is 10.1. The lowest BCUT2D eigenvalue weighted by Crippen LogP contribution is -2.30. The van der Waals surface area contributed by atoms with Crippen molar-refractivity contribution in [2.75, 3.05) is 13.2 Å². The first-order chi connectivity index (χ1) is 32.5. The molecule has 0 aromatic carbocycles. The van der Waals surface area contributed by atoms with E-state index in [1.165, 1.54) is 128 Å². The Morgan fingerprint density at radius 2 is 0.667 bits per heavy atom. The maximum atomic E-state index is 12.8. The minimum absolute atomic E-state index is 0.107. The Kier molecular flexibility index (Phi) is 51.4. The highest BCUT2D eigenvalue weighted by molar-refractivity contribution is 5.71. The zero-order chi connectivity index (χ0) is 47.9. The van der Waals surface area contributed by atoms with Crippen LogP contribution < -0.4 is 0 Å². The molecule has 0 heterocycles. The number of hydrogen-bond acceptors (Lipinski definition) is 6. The van der Waals surface area contributed by atoms with Crippen LogP contribution in [0.1, 0.15) is 258 Å². The van der Waals surface area contributed by atoms with Gasteiger partial charge >= 0.3 is 17.9 Å². The maximum Gasteiger partial charge on any atom is 0.306 e. The van der Waals surface area contributed by atoms with Crippen LogP contribution in [-0.4, -0.2) is 37.2 Å². The summed E-state index contributed by atoms with van der Waals surface area (Å²) in [5, 5.41) is 0. The molecule has 0 aromatic rings. The molecule has 6 nitrogen and oxygen atoms in total. The molecule has 0 bridgehead atoms. The Balaban J connectivity index is 4.46. The molecule has 0 radical (unpaired) electrons. The molecular formula is C60H102O6. The zero-order valence-corrected chi connectivity index (χ0v) is 43.2. The summed E-state index contributed by atoms with van der Waals surface area (Å²) >= 11 is 0. The summed E-state index contributed by atoms with van der Waals surface area (Å²) in [4.78, 5) is 38.0. The molecule has 0 amide bonds. The first-order valence-electron chi connectivity index (χ1n) is 27.6. The van der Waals surface area contributed by atoms with Gasteiger partial charge in [0.05, 0.1) is 0 Å². The molecule has 0 saturated heterocycles. The van der Waals surface area contributed by atoms with Crippen molar-refractivity contribution in [3.8, 4) is 0 Å². The molecular weight excluding hydrogens is 817 g/mol. The van der Waals surface area contributed by atoms with Gasteiger partial charge in [-0.15, -0.1) is 0 Å². The summed E-state index contributed by atoms with van der Waals surface area (Å²) in [6.45, 7) is 6.44. The molecule has 0 aliphatic heterocycles. The molecule has 378 valence electrons. The van der Waals surface area contributed by atoms with Crippen LogP contribution in [-0.2, 0) is 28.6 Å². The topological polar surface area (TPSA) is 78.9 Å². The molecule has 66 heavy (non-hydrogen) atoms. The summed E-state index contributed by atoms with van der Waals surface area (Å²) in [5.74, 6) is -1.01. The van der Waals surface area contributed by atoms with Gasteiger partial charge in [0.25, 0.3) is 0 Å². The van der Waals surface area contributed by atoms with Crippen molar-refractivity contribution >= 4 is 17.9 Å². The highest BCUT2D eigenvalue weighted by Gasteiger charge is 2.19. The summed E-state index contributed by atoms with van der Waals surface area (Å²) in [5.41, 5.74) is 0. The van der Waals surface area contributed by atoms with E-state index in [0.29, 0.717) is 12.8 Å². The average Bonchev–Trinajstić information content (AvgIpc) is 3.31. The molecule has 0 aromatic heterocycles. The van der Waals surface area contributed by atoms with E-state index in [1.807, 2.05) is 6.08 Å². The van der Waals surface area contributed by atoms with Crippen LogP contribution in [0.2, 0.25) is 0 Å². The molecule has 0 aliphatic rings. The largest absolute Gasteiger partial charge is 0.462 e. The first kappa shape index (κ1) is 62.6. The van der Waals surface area contributed by atoms with Gasteiger partial charge in [0.2, 0.25) is 0 Å². The van der Waals surface area contributed by atoms with Crippen LogP contribution in [0, 0.1) is 0 Å². The minimum Gasteiger partial charge on any atom is -0.462 e. The van der Waals surface area contributed by atoms with E-state index >= 15 is 0 Å². The summed E-state index contributed by atoms with van der Waals surface area (Å²) in [6, 6.07) is 0. The second-order valence-electron chi connectivity index (χ2n) is 18.1. The van der Waals surface area contributed by atoms with E-state index < -0.39 is 6.10 Å². The van der Waals surface area contributed by atoms with E-state index in [1.54, 1.807) is 0 Å². The van der Waals surface area contributed by atoms with Crippen LogP contribution in [0.15, 0.2) is 85.1 Å². The van der Waals surface area contributed by atoms with E-state index in [9.17, 15) is 14.4 Å². The number of rotatable bonds is 49. The number of allylic oxidation sites excluding steroid dienone is 14. The number of unbranched alkanes of at least 4 members (excludes halogenated alkanes) is 25. The van der Waals surface area contributed by atoms with Gasteiger partial charge in [-0.1, -0.05) is 228 Å². The van der Waals surface area contributed by atoms with Crippen LogP contribution >= 0.6 is 0 Å². The first-order valence-corrected chi connectivity index (χ1v) is 27.6. The zero-order valence-electron chi connectivity index (χ0n) is 43.2. The minimum atomic E-state index is -0.815. The molecule has 1 unspecified atom stereocenters. The summed E-state index contributed by atoms with van der Waals surface area (Å²) in [6.07, 6.45) is 70.1. The molecule has 0 fully saturated rings. The third kappa shape index (κ3) is 51.6. The van der Waals surface area contributed by atoms with Gasteiger partial charge in [0.1, 0.15) is 13.2 Å². The fourth-order valence-corrected chi connectivity index (χ4v) is 7.50. The number of ether oxygens (including phenoxy) is 3. The Hall–Kier alpha value is -3.41. The standard InChI is InChI=1S/C60H102O6/c1-4-7-10-13-16-19-22-25-27-29-30-31-33-35-38-41-44-47-50-53-59(62)65-56-57(55-64-58(61)52-49-46-43-40-37-34-24-21-18-15-12-9-6-3)66-60(63)54-51-48-45-42-39-36-32-28-26-23-20-17-14-11-8-5-2/h7,10,16,19,25,27-28,32,34,36-37,39,43,46,57H,4-6,8-9,11-15,17-18,20-24,26,29-31,33,35,38,40-42,44-45,47-56H2,1-3H3/b10-7+,19-16+,27-25+,32-28+,37-34+,39-36+,46-43+. The van der Waals surface area contributed by atoms with Crippen molar-refractivity contribution in [2.24, 2.45) is 0 Å². The number of carbonyl (C=O) groups is 3. The van der Waals surface area contributed by atoms with Crippen molar-refractivity contribution in [2.45, 2.75) is 264 Å². The highest BCUT2D eigenvalue weighted by atomic mass is 16.6. The van der Waals surface area contributed by atoms with Gasteiger partial charge in [-0.05, 0) is 96.3 Å². The number of carbonyl (C=O) groups excluding carboxylic acids is 3. The fourth-order valence-electron chi connectivity index (χ4n) is 7.50. The van der Waals surface area contributed by atoms with Gasteiger partial charge < -0.3 is 14.2 Å². The van der Waals surface area contributed by atoms with Crippen LogP contribution in [0.5, 0.6) is 0 Å². The Morgan fingerprint density at radius 1 is 0.333 bits per heavy atom. The Morgan fingerprint density at radius 3 is 1.12 bits per heavy atom. The van der Waals surface area contributed by atoms with E-state index in [4.69, 9.17) is 14.2 Å². The lowest BCUT2D eigenvalue weighted by Gasteiger charge is -2.18. The van der Waals surface area contributed by atoms with Crippen LogP contribution in [0.25, 0.3) is 0 Å². The maximum absolute atomic E-state index is 12.8. The molecule has 0 saturated carbocycles. The van der Waals surface area contributed by atoms with Crippen molar-refractivity contribution in [1.82, 2.24) is 0 Å². The van der Waals surface area contributed by atoms with Gasteiger partial charge in [0.15, 0.2) is 6.10 Å².